The molecule has 120 valence electrons. The molecule has 0 saturated heterocycles. The van der Waals surface area contributed by atoms with Gasteiger partial charge in [-0.1, -0.05) is 25.6 Å². The quantitative estimate of drug-likeness (QED) is 0.610. The highest BCUT2D eigenvalue weighted by Crippen LogP contribution is 2.16. The molecular formula is C13H22N2O4S2. The van der Waals surface area contributed by atoms with Crippen LogP contribution in [0.1, 0.15) is 33.6 Å². The first-order valence-electron chi connectivity index (χ1n) is 6.55. The van der Waals surface area contributed by atoms with Crippen LogP contribution >= 0.6 is 11.8 Å². The summed E-state index contributed by atoms with van der Waals surface area (Å²) >= 11 is 1.09. The van der Waals surface area contributed by atoms with Crippen molar-refractivity contribution in [3.05, 3.63) is 0 Å². The molecular weight excluding hydrogens is 312 g/mol. The van der Waals surface area contributed by atoms with Gasteiger partial charge in [-0.2, -0.15) is 0 Å². The average Bonchev–Trinajstić information content (AvgIpc) is 2.40. The number of hydrogen-bond acceptors (Lipinski definition) is 6. The van der Waals surface area contributed by atoms with E-state index in [1.165, 1.54) is 13.2 Å². The Labute approximate surface area is 131 Å². The molecule has 0 bridgehead atoms. The molecule has 0 radical (unpaired) electrons. The van der Waals surface area contributed by atoms with Crippen LogP contribution in [0.5, 0.6) is 0 Å². The lowest BCUT2D eigenvalue weighted by atomic mass is 10.1. The molecule has 0 saturated carbocycles. The fraction of sp³-hybridized carbons (Fsp3) is 0.692. The summed E-state index contributed by atoms with van der Waals surface area (Å²) in [7, 11) is -1.33. The first kappa shape index (κ1) is 20.0. The molecule has 0 fully saturated rings. The third-order valence-corrected chi connectivity index (χ3v) is 4.86. The van der Waals surface area contributed by atoms with E-state index in [0.29, 0.717) is 6.21 Å². The van der Waals surface area contributed by atoms with Crippen molar-refractivity contribution in [2.24, 2.45) is 0 Å². The van der Waals surface area contributed by atoms with E-state index in [0.717, 1.165) is 11.8 Å². The van der Waals surface area contributed by atoms with E-state index in [4.69, 9.17) is 5.41 Å². The van der Waals surface area contributed by atoms with E-state index in [-0.39, 0.29) is 23.2 Å². The summed E-state index contributed by atoms with van der Waals surface area (Å²) in [4.78, 5) is 35.2. The van der Waals surface area contributed by atoms with Crippen molar-refractivity contribution in [1.82, 2.24) is 5.32 Å². The molecule has 0 aromatic rings. The highest BCUT2D eigenvalue weighted by Gasteiger charge is 2.26. The Morgan fingerprint density at radius 1 is 1.29 bits per heavy atom. The molecule has 0 aliphatic carbocycles. The van der Waals surface area contributed by atoms with Gasteiger partial charge in [0.2, 0.25) is 11.0 Å². The molecule has 21 heavy (non-hydrogen) atoms. The fourth-order valence-corrected chi connectivity index (χ4v) is 2.54. The van der Waals surface area contributed by atoms with Crippen molar-refractivity contribution < 1.29 is 18.6 Å². The minimum absolute atomic E-state index is 0.0163. The maximum atomic E-state index is 12.1. The van der Waals surface area contributed by atoms with Gasteiger partial charge in [-0.15, -0.1) is 0 Å². The minimum Gasteiger partial charge on any atom is -0.344 e. The van der Waals surface area contributed by atoms with Gasteiger partial charge in [-0.05, 0) is 13.3 Å². The number of thioether (sulfide) groups is 1. The zero-order valence-electron chi connectivity index (χ0n) is 12.7. The maximum Gasteiger partial charge on any atom is 0.236 e. The summed E-state index contributed by atoms with van der Waals surface area (Å²) in [6, 6.07) is -0.806. The lowest BCUT2D eigenvalue weighted by molar-refractivity contribution is -0.124. The lowest BCUT2D eigenvalue weighted by Crippen LogP contribution is -2.45. The summed E-state index contributed by atoms with van der Waals surface area (Å²) in [5, 5.41) is 8.51. The van der Waals surface area contributed by atoms with E-state index in [1.807, 2.05) is 13.8 Å². The summed E-state index contributed by atoms with van der Waals surface area (Å²) < 4.78 is 11.3. The Morgan fingerprint density at radius 2 is 1.86 bits per heavy atom. The Bertz CT molecular complexity index is 438. The molecule has 0 spiro atoms. The van der Waals surface area contributed by atoms with Gasteiger partial charge in [0.05, 0.1) is 12.3 Å². The zero-order chi connectivity index (χ0) is 16.6. The molecule has 1 amide bonds. The van der Waals surface area contributed by atoms with Gasteiger partial charge >= 0.3 is 0 Å². The van der Waals surface area contributed by atoms with Crippen molar-refractivity contribution in [2.75, 3.05) is 6.26 Å². The van der Waals surface area contributed by atoms with Gasteiger partial charge in [-0.25, -0.2) is 0 Å². The number of ketones is 1. The summed E-state index contributed by atoms with van der Waals surface area (Å²) in [6.07, 6.45) is 2.27. The topological polar surface area (TPSA) is 104 Å². The normalized spacial score (nSPS) is 15.1. The number of amides is 1. The van der Waals surface area contributed by atoms with Crippen LogP contribution in [0.25, 0.3) is 0 Å². The standard InChI is InChI=1S/C13H22N2O4S2/c1-8(2)20-13(18)11(6-5-10(16)7-14)15-12(17)9(3)21(4)19/h7-9,11,14H,5-6H2,1-4H3,(H,15,17)/t9-,11-,21?/m0/s1. The fourth-order valence-electron chi connectivity index (χ4n) is 1.36. The van der Waals surface area contributed by atoms with E-state index in [2.05, 4.69) is 5.32 Å². The first-order valence-corrected chi connectivity index (χ1v) is 9.05. The molecule has 0 aliphatic rings. The second kappa shape index (κ2) is 9.83. The number of rotatable bonds is 9. The molecule has 3 atom stereocenters. The monoisotopic (exact) mass is 334 g/mol. The number of Topliss-reactive ketones (excluding diaryl/α,β-unsaturated/α-hetero) is 1. The lowest BCUT2D eigenvalue weighted by Gasteiger charge is -2.19. The Hall–Kier alpha value is -1.02. The Balaban J connectivity index is 4.82. The van der Waals surface area contributed by atoms with Gasteiger partial charge in [0, 0.05) is 28.7 Å². The third kappa shape index (κ3) is 8.11. The van der Waals surface area contributed by atoms with Crippen LogP contribution in [0.3, 0.4) is 0 Å². The predicted octanol–water partition coefficient (Wildman–Crippen LogP) is 0.905. The van der Waals surface area contributed by atoms with Crippen molar-refractivity contribution in [3.8, 4) is 0 Å². The van der Waals surface area contributed by atoms with E-state index in [1.54, 1.807) is 0 Å². The SMILES string of the molecule is CC(C)SC(=O)[C@H](CCC(=O)C=N)NC(=O)[C@H](C)S(C)=O. The largest absolute Gasteiger partial charge is 0.344 e. The molecule has 1 unspecified atom stereocenters. The van der Waals surface area contributed by atoms with E-state index < -0.39 is 33.8 Å². The van der Waals surface area contributed by atoms with Crippen molar-refractivity contribution in [3.63, 3.8) is 0 Å². The molecule has 0 rings (SSSR count). The molecule has 8 heteroatoms. The number of carbonyl (C=O) groups is 3. The number of nitrogens with one attached hydrogen (secondary N) is 2. The van der Waals surface area contributed by atoms with Gasteiger partial charge < -0.3 is 10.7 Å². The van der Waals surface area contributed by atoms with Crippen LogP contribution in [-0.2, 0) is 25.2 Å². The second-order valence-corrected chi connectivity index (χ2v) is 8.12. The van der Waals surface area contributed by atoms with Gasteiger partial charge in [-0.3, -0.25) is 18.6 Å². The third-order valence-electron chi connectivity index (χ3n) is 2.66. The Kier molecular flexibility index (Phi) is 9.36. The average molecular weight is 334 g/mol. The van der Waals surface area contributed by atoms with Crippen LogP contribution in [0.4, 0.5) is 0 Å². The van der Waals surface area contributed by atoms with Crippen LogP contribution < -0.4 is 5.32 Å². The van der Waals surface area contributed by atoms with Crippen molar-refractivity contribution >= 4 is 45.6 Å². The smallest absolute Gasteiger partial charge is 0.236 e. The number of hydrogen-bond donors (Lipinski definition) is 2. The van der Waals surface area contributed by atoms with E-state index >= 15 is 0 Å². The minimum atomic E-state index is -1.33. The summed E-state index contributed by atoms with van der Waals surface area (Å²) in [6.45, 7) is 5.23. The van der Waals surface area contributed by atoms with Gasteiger partial charge in [0.15, 0.2) is 5.78 Å². The van der Waals surface area contributed by atoms with Crippen LogP contribution in [0.2, 0.25) is 0 Å². The Morgan fingerprint density at radius 3 is 2.29 bits per heavy atom. The highest BCUT2D eigenvalue weighted by molar-refractivity contribution is 8.14. The van der Waals surface area contributed by atoms with Crippen molar-refractivity contribution in [1.29, 1.82) is 5.41 Å². The molecule has 0 aromatic heterocycles. The van der Waals surface area contributed by atoms with Crippen LogP contribution in [-0.4, -0.2) is 50.0 Å². The molecule has 0 heterocycles. The predicted molar refractivity (Wildman–Crippen MR) is 86.2 cm³/mol. The molecule has 6 nitrogen and oxygen atoms in total. The maximum absolute atomic E-state index is 12.1. The molecule has 2 N–H and O–H groups in total. The summed E-state index contributed by atoms with van der Waals surface area (Å²) in [5.41, 5.74) is 0. The van der Waals surface area contributed by atoms with Gasteiger partial charge in [0.25, 0.3) is 0 Å². The molecule has 0 aliphatic heterocycles. The molecule has 0 aromatic carbocycles. The summed E-state index contributed by atoms with van der Waals surface area (Å²) in [5.74, 6) is -0.871. The zero-order valence-corrected chi connectivity index (χ0v) is 14.3. The van der Waals surface area contributed by atoms with Crippen LogP contribution in [0, 0.1) is 5.41 Å². The van der Waals surface area contributed by atoms with Crippen molar-refractivity contribution in [2.45, 2.75) is 50.2 Å². The number of carbonyl (C=O) groups excluding carboxylic acids is 3. The van der Waals surface area contributed by atoms with Crippen LogP contribution in [0.15, 0.2) is 0 Å². The van der Waals surface area contributed by atoms with Gasteiger partial charge in [0.1, 0.15) is 5.25 Å². The highest BCUT2D eigenvalue weighted by atomic mass is 32.2. The van der Waals surface area contributed by atoms with E-state index in [9.17, 15) is 18.6 Å². The first-order chi connectivity index (χ1) is 9.68. The second-order valence-electron chi connectivity index (χ2n) is 4.84.